The highest BCUT2D eigenvalue weighted by atomic mass is 35.5. The molecule has 3 aromatic carbocycles. The lowest BCUT2D eigenvalue weighted by Crippen LogP contribution is -2.49. The number of hydrogen-bond donors (Lipinski definition) is 0. The molecule has 0 spiro atoms. The van der Waals surface area contributed by atoms with Gasteiger partial charge < -0.3 is 14.4 Å². The monoisotopic (exact) mass is 483 g/mol. The molecule has 5 nitrogen and oxygen atoms in total. The maximum Gasteiger partial charge on any atom is 0.333 e. The number of morpholine rings is 1. The Hall–Kier alpha value is -2.86. The molecule has 7 heteroatoms. The van der Waals surface area contributed by atoms with Crippen molar-refractivity contribution in [3.63, 3.8) is 0 Å². The molecule has 0 aromatic heterocycles. The molecular formula is C26H23Cl2NO4. The van der Waals surface area contributed by atoms with E-state index in [9.17, 15) is 9.59 Å². The Morgan fingerprint density at radius 3 is 2.39 bits per heavy atom. The first-order valence-electron chi connectivity index (χ1n) is 10.6. The summed E-state index contributed by atoms with van der Waals surface area (Å²) in [7, 11) is 0. The molecular weight excluding hydrogens is 461 g/mol. The van der Waals surface area contributed by atoms with E-state index >= 15 is 0 Å². The summed E-state index contributed by atoms with van der Waals surface area (Å²) >= 11 is 12.4. The largest absolute Gasteiger partial charge is 0.464 e. The quantitative estimate of drug-likeness (QED) is 0.407. The summed E-state index contributed by atoms with van der Waals surface area (Å²) in [6, 6.07) is 22.1. The van der Waals surface area contributed by atoms with Crippen LogP contribution in [0.25, 0.3) is 0 Å². The molecule has 1 heterocycles. The van der Waals surface area contributed by atoms with Gasteiger partial charge in [-0.3, -0.25) is 4.79 Å². The van der Waals surface area contributed by atoms with Crippen LogP contribution in [0.5, 0.6) is 0 Å². The fourth-order valence-corrected chi connectivity index (χ4v) is 4.48. The van der Waals surface area contributed by atoms with Crippen LogP contribution in [-0.2, 0) is 19.1 Å². The van der Waals surface area contributed by atoms with Gasteiger partial charge in [-0.2, -0.15) is 0 Å². The van der Waals surface area contributed by atoms with Crippen LogP contribution in [0.4, 0.5) is 0 Å². The molecule has 1 saturated heterocycles. The minimum Gasteiger partial charge on any atom is -0.464 e. The normalized spacial score (nSPS) is 19.2. The van der Waals surface area contributed by atoms with Gasteiger partial charge in [0.2, 0.25) is 5.91 Å². The third-order valence-corrected chi connectivity index (χ3v) is 6.04. The molecule has 1 aliphatic heterocycles. The van der Waals surface area contributed by atoms with Crippen molar-refractivity contribution in [1.29, 1.82) is 0 Å². The first-order valence-corrected chi connectivity index (χ1v) is 11.4. The van der Waals surface area contributed by atoms with Gasteiger partial charge in [0.05, 0.1) is 12.6 Å². The summed E-state index contributed by atoms with van der Waals surface area (Å²) in [6.07, 6.45) is -0.553. The van der Waals surface area contributed by atoms with Gasteiger partial charge in [-0.05, 0) is 47.9 Å². The van der Waals surface area contributed by atoms with Crippen molar-refractivity contribution >= 4 is 35.1 Å². The van der Waals surface area contributed by atoms with Crippen LogP contribution in [0.1, 0.15) is 41.8 Å². The molecule has 4 rings (SSSR count). The summed E-state index contributed by atoms with van der Waals surface area (Å²) < 4.78 is 11.5. The molecule has 0 unspecified atom stereocenters. The maximum absolute atomic E-state index is 13.4. The topological polar surface area (TPSA) is 55.8 Å². The molecule has 33 heavy (non-hydrogen) atoms. The Morgan fingerprint density at radius 1 is 1.00 bits per heavy atom. The van der Waals surface area contributed by atoms with E-state index in [0.29, 0.717) is 15.6 Å². The van der Waals surface area contributed by atoms with Gasteiger partial charge in [-0.15, -0.1) is 0 Å². The lowest BCUT2D eigenvalue weighted by Gasteiger charge is -2.44. The average Bonchev–Trinajstić information content (AvgIpc) is 2.82. The van der Waals surface area contributed by atoms with E-state index in [0.717, 1.165) is 11.1 Å². The first-order chi connectivity index (χ1) is 16.0. The van der Waals surface area contributed by atoms with Crippen molar-refractivity contribution in [2.75, 3.05) is 13.2 Å². The van der Waals surface area contributed by atoms with E-state index in [2.05, 4.69) is 0 Å². The Bertz CT molecular complexity index is 1120. The average molecular weight is 484 g/mol. The summed E-state index contributed by atoms with van der Waals surface area (Å²) in [4.78, 5) is 28.1. The Balaban J connectivity index is 1.88. The van der Waals surface area contributed by atoms with Gasteiger partial charge in [0.25, 0.3) is 0 Å². The van der Waals surface area contributed by atoms with Crippen LogP contribution >= 0.6 is 23.2 Å². The number of rotatable bonds is 6. The minimum absolute atomic E-state index is 0.177. The highest BCUT2D eigenvalue weighted by Gasteiger charge is 2.45. The highest BCUT2D eigenvalue weighted by Crippen LogP contribution is 2.45. The molecule has 1 fully saturated rings. The molecule has 1 amide bonds. The number of amides is 1. The fourth-order valence-electron chi connectivity index (χ4n) is 4.16. The predicted octanol–water partition coefficient (Wildman–Crippen LogP) is 5.94. The number of halogens is 2. The number of carbonyl (C=O) groups excluding carboxylic acids is 2. The summed E-state index contributed by atoms with van der Waals surface area (Å²) in [5, 5.41) is 1.12. The predicted molar refractivity (Wildman–Crippen MR) is 127 cm³/mol. The van der Waals surface area contributed by atoms with Crippen molar-refractivity contribution in [3.8, 4) is 0 Å². The van der Waals surface area contributed by atoms with Crippen molar-refractivity contribution < 1.29 is 19.1 Å². The van der Waals surface area contributed by atoms with Crippen molar-refractivity contribution in [2.45, 2.75) is 25.1 Å². The minimum atomic E-state index is -0.940. The highest BCUT2D eigenvalue weighted by molar-refractivity contribution is 6.30. The number of ether oxygens (including phenoxy) is 2. The van der Waals surface area contributed by atoms with Gasteiger partial charge in [0.1, 0.15) is 12.7 Å². The lowest BCUT2D eigenvalue weighted by molar-refractivity contribution is -0.174. The SMILES string of the molecule is CCOC(=O)[C@H](c1ccccc1)N1C(=O)CO[C@H](c2cccc(Cl)c2)[C@@H]1c1ccc(Cl)cc1. The van der Waals surface area contributed by atoms with Crippen LogP contribution in [0.15, 0.2) is 78.9 Å². The van der Waals surface area contributed by atoms with E-state index in [-0.39, 0.29) is 19.1 Å². The molecule has 3 aromatic rings. The van der Waals surface area contributed by atoms with Crippen LogP contribution < -0.4 is 0 Å². The van der Waals surface area contributed by atoms with Gasteiger partial charge >= 0.3 is 5.97 Å². The van der Waals surface area contributed by atoms with E-state index in [1.54, 1.807) is 30.0 Å². The van der Waals surface area contributed by atoms with E-state index in [4.69, 9.17) is 32.7 Å². The summed E-state index contributed by atoms with van der Waals surface area (Å²) in [5.41, 5.74) is 2.24. The zero-order valence-electron chi connectivity index (χ0n) is 18.0. The number of nitrogens with zero attached hydrogens (tertiary/aromatic N) is 1. The third kappa shape index (κ3) is 5.06. The van der Waals surface area contributed by atoms with Gasteiger partial charge in [0, 0.05) is 10.0 Å². The Morgan fingerprint density at radius 2 is 1.73 bits per heavy atom. The van der Waals surface area contributed by atoms with Crippen molar-refractivity contribution in [1.82, 2.24) is 4.90 Å². The summed E-state index contributed by atoms with van der Waals surface area (Å²) in [5.74, 6) is -0.808. The first kappa shape index (κ1) is 23.3. The second-order valence-corrected chi connectivity index (χ2v) is 8.52. The second kappa shape index (κ2) is 10.4. The van der Waals surface area contributed by atoms with Crippen molar-refractivity contribution in [3.05, 3.63) is 106 Å². The van der Waals surface area contributed by atoms with Crippen LogP contribution in [-0.4, -0.2) is 30.0 Å². The zero-order valence-corrected chi connectivity index (χ0v) is 19.5. The van der Waals surface area contributed by atoms with Gasteiger partial charge in [-0.25, -0.2) is 4.79 Å². The van der Waals surface area contributed by atoms with Crippen LogP contribution in [0.3, 0.4) is 0 Å². The Kier molecular flexibility index (Phi) is 7.33. The third-order valence-electron chi connectivity index (χ3n) is 5.55. The zero-order chi connectivity index (χ0) is 23.4. The molecule has 1 aliphatic rings. The van der Waals surface area contributed by atoms with Gasteiger partial charge in [-0.1, -0.05) is 77.8 Å². The molecule has 170 valence electrons. The molecule has 3 atom stereocenters. The number of carbonyl (C=O) groups is 2. The number of esters is 1. The molecule has 0 bridgehead atoms. The standard InChI is InChI=1S/C26H23Cl2NO4/c1-2-32-26(31)24(17-7-4-3-5-8-17)29-22(30)16-33-25(19-9-6-10-21(28)15-19)23(29)18-11-13-20(27)14-12-18/h3-15,23-25H,2,16H2,1H3/t23-,24-,25+/m0/s1. The molecule has 0 aliphatic carbocycles. The van der Waals surface area contributed by atoms with Gasteiger partial charge in [0.15, 0.2) is 6.04 Å². The smallest absolute Gasteiger partial charge is 0.333 e. The molecule has 0 radical (unpaired) electrons. The fraction of sp³-hybridized carbons (Fsp3) is 0.231. The maximum atomic E-state index is 13.4. The second-order valence-electron chi connectivity index (χ2n) is 7.65. The van der Waals surface area contributed by atoms with E-state index < -0.39 is 24.2 Å². The number of hydrogen-bond acceptors (Lipinski definition) is 4. The summed E-state index contributed by atoms with van der Waals surface area (Å²) in [6.45, 7) is 1.76. The Labute approximate surface area is 202 Å². The van der Waals surface area contributed by atoms with Crippen LogP contribution in [0, 0.1) is 0 Å². The number of benzene rings is 3. The van der Waals surface area contributed by atoms with Crippen LogP contribution in [0.2, 0.25) is 10.0 Å². The van der Waals surface area contributed by atoms with E-state index in [1.807, 2.05) is 60.7 Å². The molecule has 0 N–H and O–H groups in total. The lowest BCUT2D eigenvalue weighted by atomic mass is 9.90. The molecule has 0 saturated carbocycles. The van der Waals surface area contributed by atoms with E-state index in [1.165, 1.54) is 0 Å². The van der Waals surface area contributed by atoms with Crippen molar-refractivity contribution in [2.24, 2.45) is 0 Å².